The average molecular weight is 259 g/mol. The number of amides is 1. The highest BCUT2D eigenvalue weighted by atomic mass is 16.5. The molecule has 1 fully saturated rings. The van der Waals surface area contributed by atoms with E-state index in [2.05, 4.69) is 4.98 Å². The normalized spacial score (nSPS) is 15.8. The fourth-order valence-electron chi connectivity index (χ4n) is 2.21. The summed E-state index contributed by atoms with van der Waals surface area (Å²) in [6.45, 7) is 2.30. The first kappa shape index (κ1) is 13.5. The predicted octanol–water partition coefficient (Wildman–Crippen LogP) is 1.45. The molecular formula is C14H17N3O2. The van der Waals surface area contributed by atoms with Crippen molar-refractivity contribution in [1.82, 2.24) is 9.88 Å². The van der Waals surface area contributed by atoms with Crippen LogP contribution in [0.15, 0.2) is 18.3 Å². The fraction of sp³-hybridized carbons (Fsp3) is 0.500. The molecule has 1 aromatic rings. The number of carbonyl (C=O) groups excluding carboxylic acids is 1. The Kier molecular flexibility index (Phi) is 4.48. The molecule has 0 radical (unpaired) electrons. The summed E-state index contributed by atoms with van der Waals surface area (Å²) in [4.78, 5) is 17.8. The SMILES string of the molecule is CN(CC1CCOCC1)C(=O)c1ccc(C#N)nc1. The minimum atomic E-state index is -0.0523. The molecule has 1 aliphatic rings. The maximum atomic E-state index is 12.2. The third-order valence-electron chi connectivity index (χ3n) is 3.34. The third-order valence-corrected chi connectivity index (χ3v) is 3.34. The van der Waals surface area contributed by atoms with E-state index in [0.717, 1.165) is 32.6 Å². The van der Waals surface area contributed by atoms with Crippen LogP contribution in [0.3, 0.4) is 0 Å². The van der Waals surface area contributed by atoms with E-state index in [1.54, 1.807) is 24.1 Å². The van der Waals surface area contributed by atoms with Crippen molar-refractivity contribution in [3.05, 3.63) is 29.6 Å². The summed E-state index contributed by atoms with van der Waals surface area (Å²) in [5.74, 6) is 0.456. The van der Waals surface area contributed by atoms with Gasteiger partial charge in [-0.15, -0.1) is 0 Å². The molecule has 1 saturated heterocycles. The van der Waals surface area contributed by atoms with Crippen LogP contribution in [-0.2, 0) is 4.74 Å². The number of hydrogen-bond acceptors (Lipinski definition) is 4. The van der Waals surface area contributed by atoms with Crippen LogP contribution >= 0.6 is 0 Å². The van der Waals surface area contributed by atoms with Crippen LogP contribution in [0.2, 0.25) is 0 Å². The van der Waals surface area contributed by atoms with Gasteiger partial charge in [0.25, 0.3) is 5.91 Å². The van der Waals surface area contributed by atoms with E-state index in [9.17, 15) is 4.79 Å². The minimum absolute atomic E-state index is 0.0523. The van der Waals surface area contributed by atoms with E-state index in [-0.39, 0.29) is 5.91 Å². The number of pyridine rings is 1. The quantitative estimate of drug-likeness (QED) is 0.824. The number of carbonyl (C=O) groups is 1. The van der Waals surface area contributed by atoms with Crippen molar-refractivity contribution in [3.8, 4) is 6.07 Å². The van der Waals surface area contributed by atoms with Gasteiger partial charge < -0.3 is 9.64 Å². The molecule has 2 heterocycles. The zero-order valence-electron chi connectivity index (χ0n) is 11.0. The second-order valence-electron chi connectivity index (χ2n) is 4.79. The lowest BCUT2D eigenvalue weighted by molar-refractivity contribution is 0.0497. The lowest BCUT2D eigenvalue weighted by Gasteiger charge is -2.27. The summed E-state index contributed by atoms with van der Waals surface area (Å²) in [6, 6.07) is 5.15. The Balaban J connectivity index is 1.95. The number of nitriles is 1. The molecule has 0 aliphatic carbocycles. The summed E-state index contributed by atoms with van der Waals surface area (Å²) in [6.07, 6.45) is 3.47. The van der Waals surface area contributed by atoms with E-state index in [0.29, 0.717) is 17.2 Å². The first-order valence-electron chi connectivity index (χ1n) is 6.40. The van der Waals surface area contributed by atoms with Crippen molar-refractivity contribution in [2.24, 2.45) is 5.92 Å². The smallest absolute Gasteiger partial charge is 0.255 e. The van der Waals surface area contributed by atoms with Gasteiger partial charge in [-0.1, -0.05) is 0 Å². The van der Waals surface area contributed by atoms with Crippen LogP contribution in [0.5, 0.6) is 0 Å². The highest BCUT2D eigenvalue weighted by Gasteiger charge is 2.19. The molecule has 0 unspecified atom stereocenters. The summed E-state index contributed by atoms with van der Waals surface area (Å²) in [5, 5.41) is 8.67. The molecular weight excluding hydrogens is 242 g/mol. The lowest BCUT2D eigenvalue weighted by atomic mass is 9.99. The Labute approximate surface area is 112 Å². The minimum Gasteiger partial charge on any atom is -0.381 e. The van der Waals surface area contributed by atoms with Crippen LogP contribution in [0.25, 0.3) is 0 Å². The first-order chi connectivity index (χ1) is 9.20. The van der Waals surface area contributed by atoms with Gasteiger partial charge in [-0.2, -0.15) is 5.26 Å². The monoisotopic (exact) mass is 259 g/mol. The molecule has 0 bridgehead atoms. The highest BCUT2D eigenvalue weighted by Crippen LogP contribution is 2.16. The van der Waals surface area contributed by atoms with Crippen molar-refractivity contribution in [2.75, 3.05) is 26.8 Å². The predicted molar refractivity (Wildman–Crippen MR) is 69.5 cm³/mol. The molecule has 0 aromatic carbocycles. The van der Waals surface area contributed by atoms with Gasteiger partial charge in [-0.3, -0.25) is 4.79 Å². The molecule has 1 amide bonds. The molecule has 2 rings (SSSR count). The van der Waals surface area contributed by atoms with Gasteiger partial charge in [0.05, 0.1) is 5.56 Å². The maximum Gasteiger partial charge on any atom is 0.255 e. The average Bonchev–Trinajstić information content (AvgIpc) is 2.47. The summed E-state index contributed by atoms with van der Waals surface area (Å²) < 4.78 is 5.31. The molecule has 0 atom stereocenters. The van der Waals surface area contributed by atoms with E-state index < -0.39 is 0 Å². The molecule has 0 N–H and O–H groups in total. The molecule has 1 aromatic heterocycles. The number of rotatable bonds is 3. The molecule has 0 saturated carbocycles. The first-order valence-corrected chi connectivity index (χ1v) is 6.40. The number of hydrogen-bond donors (Lipinski definition) is 0. The van der Waals surface area contributed by atoms with Crippen LogP contribution in [0.1, 0.15) is 28.9 Å². The Morgan fingerprint density at radius 2 is 2.26 bits per heavy atom. The van der Waals surface area contributed by atoms with Gasteiger partial charge in [0.1, 0.15) is 11.8 Å². The van der Waals surface area contributed by atoms with Gasteiger partial charge in [0.15, 0.2) is 0 Å². The Morgan fingerprint density at radius 1 is 1.53 bits per heavy atom. The van der Waals surface area contributed by atoms with Crippen LogP contribution < -0.4 is 0 Å². The lowest BCUT2D eigenvalue weighted by Crippen LogP contribution is -2.34. The van der Waals surface area contributed by atoms with E-state index in [4.69, 9.17) is 10.00 Å². The van der Waals surface area contributed by atoms with Crippen LogP contribution in [0, 0.1) is 17.2 Å². The van der Waals surface area contributed by atoms with Gasteiger partial charge in [0.2, 0.25) is 0 Å². The van der Waals surface area contributed by atoms with Crippen molar-refractivity contribution in [2.45, 2.75) is 12.8 Å². The Bertz CT molecular complexity index is 472. The number of ether oxygens (including phenoxy) is 1. The second-order valence-corrected chi connectivity index (χ2v) is 4.79. The summed E-state index contributed by atoms with van der Waals surface area (Å²) in [7, 11) is 1.80. The van der Waals surface area contributed by atoms with Gasteiger partial charge in [-0.25, -0.2) is 4.98 Å². The standard InChI is InChI=1S/C14H17N3O2/c1-17(10-11-4-6-19-7-5-11)14(18)12-2-3-13(8-15)16-9-12/h2-3,9,11H,4-7,10H2,1H3. The summed E-state index contributed by atoms with van der Waals surface area (Å²) >= 11 is 0. The van der Waals surface area contributed by atoms with E-state index in [1.807, 2.05) is 6.07 Å². The molecule has 5 heteroatoms. The van der Waals surface area contributed by atoms with Gasteiger partial charge >= 0.3 is 0 Å². The Morgan fingerprint density at radius 3 is 2.84 bits per heavy atom. The largest absolute Gasteiger partial charge is 0.381 e. The molecule has 0 spiro atoms. The molecule has 5 nitrogen and oxygen atoms in total. The fourth-order valence-corrected chi connectivity index (χ4v) is 2.21. The number of aromatic nitrogens is 1. The maximum absolute atomic E-state index is 12.2. The van der Waals surface area contributed by atoms with Crippen LogP contribution in [-0.4, -0.2) is 42.6 Å². The van der Waals surface area contributed by atoms with Crippen LogP contribution in [0.4, 0.5) is 0 Å². The topological polar surface area (TPSA) is 66.2 Å². The van der Waals surface area contributed by atoms with Crippen molar-refractivity contribution in [1.29, 1.82) is 5.26 Å². The van der Waals surface area contributed by atoms with Crippen molar-refractivity contribution >= 4 is 5.91 Å². The van der Waals surface area contributed by atoms with Gasteiger partial charge in [0, 0.05) is 33.0 Å². The van der Waals surface area contributed by atoms with Gasteiger partial charge in [-0.05, 0) is 30.9 Å². The Hall–Kier alpha value is -1.93. The highest BCUT2D eigenvalue weighted by molar-refractivity contribution is 5.93. The third kappa shape index (κ3) is 3.52. The number of nitrogens with zero attached hydrogens (tertiary/aromatic N) is 3. The second kappa shape index (κ2) is 6.30. The summed E-state index contributed by atoms with van der Waals surface area (Å²) in [5.41, 5.74) is 0.845. The van der Waals surface area contributed by atoms with E-state index >= 15 is 0 Å². The van der Waals surface area contributed by atoms with E-state index in [1.165, 1.54) is 6.20 Å². The van der Waals surface area contributed by atoms with Crippen molar-refractivity contribution in [3.63, 3.8) is 0 Å². The molecule has 100 valence electrons. The molecule has 19 heavy (non-hydrogen) atoms. The zero-order valence-corrected chi connectivity index (χ0v) is 11.0. The van der Waals surface area contributed by atoms with Crippen molar-refractivity contribution < 1.29 is 9.53 Å². The zero-order chi connectivity index (χ0) is 13.7. The molecule has 1 aliphatic heterocycles.